The largest absolute Gasteiger partial charge is 0.297 e. The maximum Gasteiger partial charge on any atom is 0.250 e. The second kappa shape index (κ2) is 8.38. The van der Waals surface area contributed by atoms with Gasteiger partial charge in [0, 0.05) is 12.5 Å². The highest BCUT2D eigenvalue weighted by molar-refractivity contribution is 7.15. The van der Waals surface area contributed by atoms with Gasteiger partial charge in [-0.25, -0.2) is 4.39 Å². The summed E-state index contributed by atoms with van der Waals surface area (Å²) in [4.78, 5) is 11.8. The van der Waals surface area contributed by atoms with Crippen LogP contribution in [0.4, 0.5) is 9.52 Å². The lowest BCUT2D eigenvalue weighted by atomic mass is 10.2. The first kappa shape index (κ1) is 16.3. The molecule has 1 aromatic carbocycles. The van der Waals surface area contributed by atoms with E-state index in [1.54, 1.807) is 18.2 Å². The Bertz CT molecular complexity index is 654. The lowest BCUT2D eigenvalue weighted by Gasteiger charge is -1.96. The number of carbonyl (C=O) groups excluding carboxylic acids is 1. The molecule has 1 heterocycles. The van der Waals surface area contributed by atoms with Crippen LogP contribution in [0.5, 0.6) is 0 Å². The standard InChI is InChI=1S/C16H18FN3OS/c1-2-3-4-8-15-19-20-16(22-15)18-14(21)10-9-12-6-5-7-13(17)11-12/h5-7,9-11H,2-4,8H2,1H3,(H,18,20,21). The van der Waals surface area contributed by atoms with Crippen molar-refractivity contribution in [3.8, 4) is 0 Å². The molecule has 0 fully saturated rings. The summed E-state index contributed by atoms with van der Waals surface area (Å²) in [6, 6.07) is 6.04. The summed E-state index contributed by atoms with van der Waals surface area (Å²) in [5.74, 6) is -0.635. The van der Waals surface area contributed by atoms with E-state index in [9.17, 15) is 9.18 Å². The number of aromatic nitrogens is 2. The Morgan fingerprint density at radius 2 is 2.23 bits per heavy atom. The topological polar surface area (TPSA) is 54.9 Å². The minimum atomic E-state index is -0.330. The van der Waals surface area contributed by atoms with Gasteiger partial charge < -0.3 is 0 Å². The van der Waals surface area contributed by atoms with Crippen molar-refractivity contribution in [1.29, 1.82) is 0 Å². The number of halogens is 1. The molecule has 1 amide bonds. The van der Waals surface area contributed by atoms with E-state index in [0.717, 1.165) is 30.7 Å². The zero-order chi connectivity index (χ0) is 15.8. The molecule has 0 atom stereocenters. The van der Waals surface area contributed by atoms with Crippen molar-refractivity contribution in [1.82, 2.24) is 10.2 Å². The van der Waals surface area contributed by atoms with Crippen LogP contribution in [0.25, 0.3) is 6.08 Å². The molecule has 0 aliphatic rings. The normalized spacial score (nSPS) is 11.0. The fourth-order valence-corrected chi connectivity index (χ4v) is 2.65. The van der Waals surface area contributed by atoms with E-state index in [0.29, 0.717) is 10.7 Å². The highest BCUT2D eigenvalue weighted by Crippen LogP contribution is 2.17. The molecular weight excluding hydrogens is 301 g/mol. The molecule has 0 saturated heterocycles. The maximum absolute atomic E-state index is 13.0. The van der Waals surface area contributed by atoms with Crippen LogP contribution >= 0.6 is 11.3 Å². The van der Waals surface area contributed by atoms with Crippen LogP contribution in [0.1, 0.15) is 36.8 Å². The van der Waals surface area contributed by atoms with Crippen molar-refractivity contribution in [2.45, 2.75) is 32.6 Å². The molecule has 0 aliphatic heterocycles. The Labute approximate surface area is 133 Å². The van der Waals surface area contributed by atoms with Crippen molar-refractivity contribution < 1.29 is 9.18 Å². The van der Waals surface area contributed by atoms with Crippen LogP contribution in [0.3, 0.4) is 0 Å². The predicted octanol–water partition coefficient (Wildman–Crippen LogP) is 4.06. The van der Waals surface area contributed by atoms with Crippen LogP contribution in [0, 0.1) is 5.82 Å². The third-order valence-electron chi connectivity index (χ3n) is 2.97. The van der Waals surface area contributed by atoms with E-state index >= 15 is 0 Å². The lowest BCUT2D eigenvalue weighted by Crippen LogP contribution is -2.07. The summed E-state index contributed by atoms with van der Waals surface area (Å²) in [7, 11) is 0. The molecule has 1 aromatic heterocycles. The van der Waals surface area contributed by atoms with Gasteiger partial charge in [0.25, 0.3) is 0 Å². The van der Waals surface area contributed by atoms with Gasteiger partial charge in [-0.2, -0.15) is 0 Å². The molecule has 2 aromatic rings. The minimum absolute atomic E-state index is 0.305. The van der Waals surface area contributed by atoms with E-state index in [-0.39, 0.29) is 11.7 Å². The number of unbranched alkanes of at least 4 members (excludes halogenated alkanes) is 2. The zero-order valence-corrected chi connectivity index (χ0v) is 13.2. The molecule has 1 N–H and O–H groups in total. The fourth-order valence-electron chi connectivity index (χ4n) is 1.86. The van der Waals surface area contributed by atoms with Crippen molar-refractivity contribution in [2.24, 2.45) is 0 Å². The van der Waals surface area contributed by atoms with E-state index in [4.69, 9.17) is 0 Å². The van der Waals surface area contributed by atoms with Crippen LogP contribution in [0.15, 0.2) is 30.3 Å². The number of hydrogen-bond donors (Lipinski definition) is 1. The van der Waals surface area contributed by atoms with Crippen molar-refractivity contribution in [3.63, 3.8) is 0 Å². The SMILES string of the molecule is CCCCCc1nnc(NC(=O)C=Cc2cccc(F)c2)s1. The van der Waals surface area contributed by atoms with Gasteiger partial charge in [-0.05, 0) is 30.2 Å². The second-order valence-electron chi connectivity index (χ2n) is 4.84. The third kappa shape index (κ3) is 5.37. The number of hydrogen-bond acceptors (Lipinski definition) is 4. The van der Waals surface area contributed by atoms with Crippen molar-refractivity contribution >= 4 is 28.5 Å². The first-order chi connectivity index (χ1) is 10.7. The molecule has 2 rings (SSSR count). The third-order valence-corrected chi connectivity index (χ3v) is 3.87. The van der Waals surface area contributed by atoms with E-state index in [2.05, 4.69) is 22.4 Å². The van der Waals surface area contributed by atoms with E-state index in [1.165, 1.54) is 29.5 Å². The molecule has 0 radical (unpaired) electrons. The molecule has 0 bridgehead atoms. The van der Waals surface area contributed by atoms with Crippen molar-refractivity contribution in [2.75, 3.05) is 5.32 Å². The highest BCUT2D eigenvalue weighted by atomic mass is 32.1. The molecule has 0 unspecified atom stereocenters. The van der Waals surface area contributed by atoms with Gasteiger partial charge in [0.1, 0.15) is 10.8 Å². The van der Waals surface area contributed by atoms with Gasteiger partial charge in [0.05, 0.1) is 0 Å². The zero-order valence-electron chi connectivity index (χ0n) is 12.4. The number of carbonyl (C=O) groups is 1. The average Bonchev–Trinajstić information content (AvgIpc) is 2.93. The van der Waals surface area contributed by atoms with Gasteiger partial charge in [-0.1, -0.05) is 43.2 Å². The minimum Gasteiger partial charge on any atom is -0.297 e. The highest BCUT2D eigenvalue weighted by Gasteiger charge is 2.06. The van der Waals surface area contributed by atoms with Crippen LogP contribution < -0.4 is 5.32 Å². The summed E-state index contributed by atoms with van der Waals surface area (Å²) in [5.41, 5.74) is 0.632. The average molecular weight is 319 g/mol. The van der Waals surface area contributed by atoms with Crippen LogP contribution in [-0.2, 0) is 11.2 Å². The number of benzene rings is 1. The lowest BCUT2D eigenvalue weighted by molar-refractivity contribution is -0.111. The first-order valence-corrected chi connectivity index (χ1v) is 8.06. The Balaban J connectivity index is 1.86. The van der Waals surface area contributed by atoms with E-state index in [1.807, 2.05) is 0 Å². The summed E-state index contributed by atoms with van der Waals surface area (Å²) < 4.78 is 13.0. The Morgan fingerprint density at radius 3 is 3.00 bits per heavy atom. The Kier molecular flexibility index (Phi) is 6.21. The molecule has 0 aliphatic carbocycles. The maximum atomic E-state index is 13.0. The summed E-state index contributed by atoms with van der Waals surface area (Å²) in [6.45, 7) is 2.15. The second-order valence-corrected chi connectivity index (χ2v) is 5.90. The van der Waals surface area contributed by atoms with E-state index < -0.39 is 0 Å². The summed E-state index contributed by atoms with van der Waals surface area (Å²) in [5, 5.41) is 12.1. The fraction of sp³-hybridized carbons (Fsp3) is 0.312. The number of anilines is 1. The summed E-state index contributed by atoms with van der Waals surface area (Å²) in [6.07, 6.45) is 7.21. The molecule has 22 heavy (non-hydrogen) atoms. The van der Waals surface area contributed by atoms with Gasteiger partial charge in [-0.3, -0.25) is 10.1 Å². The molecular formula is C16H18FN3OS. The Morgan fingerprint density at radius 1 is 1.36 bits per heavy atom. The van der Waals surface area contributed by atoms with Gasteiger partial charge in [0.15, 0.2) is 0 Å². The molecule has 4 nitrogen and oxygen atoms in total. The molecule has 6 heteroatoms. The molecule has 0 saturated carbocycles. The number of rotatable bonds is 7. The summed E-state index contributed by atoms with van der Waals surface area (Å²) >= 11 is 1.39. The smallest absolute Gasteiger partial charge is 0.250 e. The number of amides is 1. The monoisotopic (exact) mass is 319 g/mol. The number of aryl methyl sites for hydroxylation is 1. The molecule has 0 spiro atoms. The Hall–Kier alpha value is -2.08. The number of nitrogens with one attached hydrogen (secondary N) is 1. The molecule has 116 valence electrons. The number of nitrogens with zero attached hydrogens (tertiary/aromatic N) is 2. The predicted molar refractivity (Wildman–Crippen MR) is 87.2 cm³/mol. The quantitative estimate of drug-likeness (QED) is 0.618. The van der Waals surface area contributed by atoms with Gasteiger partial charge in [0.2, 0.25) is 11.0 Å². The van der Waals surface area contributed by atoms with Gasteiger partial charge >= 0.3 is 0 Å². The van der Waals surface area contributed by atoms with Crippen LogP contribution in [0.2, 0.25) is 0 Å². The van der Waals surface area contributed by atoms with Crippen molar-refractivity contribution in [3.05, 3.63) is 46.7 Å². The van der Waals surface area contributed by atoms with Crippen LogP contribution in [-0.4, -0.2) is 16.1 Å². The van der Waals surface area contributed by atoms with Gasteiger partial charge in [-0.15, -0.1) is 10.2 Å². The first-order valence-electron chi connectivity index (χ1n) is 7.24.